The molecule has 0 saturated heterocycles. The first-order valence-electron chi connectivity index (χ1n) is 5.05. The van der Waals surface area contributed by atoms with E-state index in [0.717, 1.165) is 11.1 Å². The summed E-state index contributed by atoms with van der Waals surface area (Å²) < 4.78 is 26.7. The van der Waals surface area contributed by atoms with Crippen molar-refractivity contribution in [2.75, 3.05) is 7.05 Å². The van der Waals surface area contributed by atoms with Gasteiger partial charge in [-0.05, 0) is 25.6 Å². The van der Waals surface area contributed by atoms with Crippen LogP contribution in [0.3, 0.4) is 0 Å². The van der Waals surface area contributed by atoms with Crippen molar-refractivity contribution in [2.24, 2.45) is 0 Å². The Kier molecular flexibility index (Phi) is 3.44. The molecule has 0 bridgehead atoms. The third-order valence-electron chi connectivity index (χ3n) is 2.27. The van der Waals surface area contributed by atoms with Gasteiger partial charge < -0.3 is 5.32 Å². The molecule has 6 heteroatoms. The summed E-state index contributed by atoms with van der Waals surface area (Å²) in [6.45, 7) is 2.17. The van der Waals surface area contributed by atoms with Crippen LogP contribution in [0.2, 0.25) is 0 Å². The molecule has 0 aliphatic carbocycles. The second-order valence-electron chi connectivity index (χ2n) is 3.61. The fraction of sp³-hybridized carbons (Fsp3) is 0.273. The van der Waals surface area contributed by atoms with E-state index in [1.165, 1.54) is 17.4 Å². The van der Waals surface area contributed by atoms with Crippen molar-refractivity contribution in [3.05, 3.63) is 34.3 Å². The van der Waals surface area contributed by atoms with Crippen LogP contribution in [0.15, 0.2) is 12.1 Å². The first-order chi connectivity index (χ1) is 8.11. The van der Waals surface area contributed by atoms with Gasteiger partial charge in [-0.25, -0.2) is 8.78 Å². The van der Waals surface area contributed by atoms with Gasteiger partial charge in [0.1, 0.15) is 16.6 Å². The van der Waals surface area contributed by atoms with Gasteiger partial charge >= 0.3 is 0 Å². The summed E-state index contributed by atoms with van der Waals surface area (Å²) in [5, 5.41) is 12.0. The van der Waals surface area contributed by atoms with Crippen LogP contribution in [-0.4, -0.2) is 17.2 Å². The molecule has 2 aromatic rings. The maximum atomic E-state index is 13.6. The highest BCUT2D eigenvalue weighted by Gasteiger charge is 2.13. The molecular weight excluding hydrogens is 244 g/mol. The Bertz CT molecular complexity index is 540. The molecule has 2 rings (SSSR count). The van der Waals surface area contributed by atoms with Crippen molar-refractivity contribution in [3.63, 3.8) is 0 Å². The first kappa shape index (κ1) is 12.1. The summed E-state index contributed by atoms with van der Waals surface area (Å²) in [6.07, 6.45) is 0. The zero-order valence-electron chi connectivity index (χ0n) is 9.42. The monoisotopic (exact) mass is 255 g/mol. The summed E-state index contributed by atoms with van der Waals surface area (Å²) in [5.41, 5.74) is 0.690. The van der Waals surface area contributed by atoms with E-state index in [1.54, 1.807) is 14.0 Å². The minimum Gasteiger partial charge on any atom is -0.313 e. The molecular formula is C11H11F2N3S. The Balaban J connectivity index is 2.41. The van der Waals surface area contributed by atoms with Crippen molar-refractivity contribution in [2.45, 2.75) is 13.5 Å². The number of aryl methyl sites for hydroxylation is 1. The van der Waals surface area contributed by atoms with E-state index in [-0.39, 0.29) is 0 Å². The van der Waals surface area contributed by atoms with Crippen LogP contribution >= 0.6 is 11.3 Å². The van der Waals surface area contributed by atoms with Crippen LogP contribution < -0.4 is 5.32 Å². The van der Waals surface area contributed by atoms with Gasteiger partial charge in [0.15, 0.2) is 5.01 Å². The van der Waals surface area contributed by atoms with Crippen molar-refractivity contribution in [1.29, 1.82) is 0 Å². The van der Waals surface area contributed by atoms with Crippen LogP contribution in [-0.2, 0) is 6.54 Å². The number of nitrogens with one attached hydrogen (secondary N) is 1. The fourth-order valence-corrected chi connectivity index (χ4v) is 2.28. The zero-order chi connectivity index (χ0) is 12.4. The molecule has 17 heavy (non-hydrogen) atoms. The quantitative estimate of drug-likeness (QED) is 0.915. The molecule has 1 aromatic heterocycles. The van der Waals surface area contributed by atoms with E-state index in [1.807, 2.05) is 0 Å². The summed E-state index contributed by atoms with van der Waals surface area (Å²) in [5.74, 6) is -1.16. The van der Waals surface area contributed by atoms with Gasteiger partial charge in [0.05, 0.1) is 0 Å². The smallest absolute Gasteiger partial charge is 0.150 e. The standard InChI is InChI=1S/C11H11F2N3S/c1-6-3-7(9(13)4-8(6)12)11-16-15-10(17-11)5-14-2/h3-4,14H,5H2,1-2H3. The third kappa shape index (κ3) is 2.48. The average molecular weight is 255 g/mol. The van der Waals surface area contributed by atoms with Gasteiger partial charge in [0.2, 0.25) is 0 Å². The van der Waals surface area contributed by atoms with Crippen molar-refractivity contribution >= 4 is 11.3 Å². The molecule has 1 aromatic carbocycles. The van der Waals surface area contributed by atoms with Crippen molar-refractivity contribution < 1.29 is 8.78 Å². The topological polar surface area (TPSA) is 37.8 Å². The maximum Gasteiger partial charge on any atom is 0.150 e. The Morgan fingerprint density at radius 3 is 2.71 bits per heavy atom. The minimum absolute atomic E-state index is 0.295. The Morgan fingerprint density at radius 2 is 2.00 bits per heavy atom. The van der Waals surface area contributed by atoms with Gasteiger partial charge in [0, 0.05) is 18.2 Å². The summed E-state index contributed by atoms with van der Waals surface area (Å²) in [6, 6.07) is 2.33. The Labute approximate surface area is 102 Å². The van der Waals surface area contributed by atoms with Gasteiger partial charge in [-0.15, -0.1) is 10.2 Å². The second kappa shape index (κ2) is 4.85. The van der Waals surface area contributed by atoms with Gasteiger partial charge in [-0.1, -0.05) is 11.3 Å². The summed E-state index contributed by atoms with van der Waals surface area (Å²) >= 11 is 1.29. The number of nitrogens with zero attached hydrogens (tertiary/aromatic N) is 2. The van der Waals surface area contributed by atoms with Crippen LogP contribution in [0.25, 0.3) is 10.6 Å². The molecule has 0 spiro atoms. The molecule has 0 fully saturated rings. The zero-order valence-corrected chi connectivity index (χ0v) is 10.2. The Hall–Kier alpha value is -1.40. The Morgan fingerprint density at radius 1 is 1.24 bits per heavy atom. The van der Waals surface area contributed by atoms with Crippen LogP contribution in [0.1, 0.15) is 10.6 Å². The summed E-state index contributed by atoms with van der Waals surface area (Å²) in [4.78, 5) is 0. The number of hydrogen-bond acceptors (Lipinski definition) is 4. The lowest BCUT2D eigenvalue weighted by atomic mass is 10.1. The third-order valence-corrected chi connectivity index (χ3v) is 3.23. The van der Waals surface area contributed by atoms with E-state index >= 15 is 0 Å². The fourth-order valence-electron chi connectivity index (χ4n) is 1.41. The minimum atomic E-state index is -0.611. The molecule has 0 saturated carbocycles. The van der Waals surface area contributed by atoms with E-state index < -0.39 is 11.6 Å². The molecule has 0 atom stereocenters. The predicted octanol–water partition coefficient (Wildman–Crippen LogP) is 2.51. The van der Waals surface area contributed by atoms with Gasteiger partial charge in [-0.3, -0.25) is 0 Å². The largest absolute Gasteiger partial charge is 0.313 e. The molecule has 3 nitrogen and oxygen atoms in total. The number of rotatable bonds is 3. The first-order valence-corrected chi connectivity index (χ1v) is 5.86. The van der Waals surface area contributed by atoms with E-state index in [4.69, 9.17) is 0 Å². The number of benzene rings is 1. The molecule has 1 N–H and O–H groups in total. The lowest BCUT2D eigenvalue weighted by molar-refractivity contribution is 0.579. The average Bonchev–Trinajstić information content (AvgIpc) is 2.72. The number of aromatic nitrogens is 2. The van der Waals surface area contributed by atoms with Crippen molar-refractivity contribution in [1.82, 2.24) is 15.5 Å². The molecule has 0 aliphatic rings. The number of hydrogen-bond donors (Lipinski definition) is 1. The lowest BCUT2D eigenvalue weighted by Gasteiger charge is -2.01. The molecule has 90 valence electrons. The van der Waals surface area contributed by atoms with Crippen molar-refractivity contribution in [3.8, 4) is 10.6 Å². The SMILES string of the molecule is CNCc1nnc(-c2cc(C)c(F)cc2F)s1. The molecule has 0 radical (unpaired) electrons. The van der Waals surface area contributed by atoms with Gasteiger partial charge in [-0.2, -0.15) is 0 Å². The second-order valence-corrected chi connectivity index (χ2v) is 4.67. The molecule has 0 unspecified atom stereocenters. The van der Waals surface area contributed by atoms with Crippen LogP contribution in [0.4, 0.5) is 8.78 Å². The maximum absolute atomic E-state index is 13.6. The number of halogens is 2. The highest BCUT2D eigenvalue weighted by atomic mass is 32.1. The van der Waals surface area contributed by atoms with E-state index in [9.17, 15) is 8.78 Å². The highest BCUT2D eigenvalue weighted by molar-refractivity contribution is 7.14. The molecule has 0 aliphatic heterocycles. The van der Waals surface area contributed by atoms with Crippen LogP contribution in [0.5, 0.6) is 0 Å². The summed E-state index contributed by atoms with van der Waals surface area (Å²) in [7, 11) is 1.80. The predicted molar refractivity (Wildman–Crippen MR) is 62.8 cm³/mol. The van der Waals surface area contributed by atoms with Crippen LogP contribution in [0, 0.1) is 18.6 Å². The molecule has 1 heterocycles. The highest BCUT2D eigenvalue weighted by Crippen LogP contribution is 2.28. The normalized spacial score (nSPS) is 10.8. The van der Waals surface area contributed by atoms with E-state index in [0.29, 0.717) is 22.7 Å². The lowest BCUT2D eigenvalue weighted by Crippen LogP contribution is -2.04. The van der Waals surface area contributed by atoms with E-state index in [2.05, 4.69) is 15.5 Å². The molecule has 0 amide bonds. The van der Waals surface area contributed by atoms with Gasteiger partial charge in [0.25, 0.3) is 0 Å².